The fraction of sp³-hybridized carbons (Fsp3) is 0.643. The Hall–Kier alpha value is -1.63. The molecule has 0 saturated heterocycles. The van der Waals surface area contributed by atoms with Gasteiger partial charge in [-0.25, -0.2) is 0 Å². The Kier molecular flexibility index (Phi) is 9.76. The van der Waals surface area contributed by atoms with Gasteiger partial charge < -0.3 is 10.2 Å². The van der Waals surface area contributed by atoms with Gasteiger partial charge in [0.25, 0.3) is 0 Å². The van der Waals surface area contributed by atoms with Crippen molar-refractivity contribution in [3.8, 4) is 34.4 Å². The van der Waals surface area contributed by atoms with Crippen molar-refractivity contribution in [1.82, 2.24) is 0 Å². The minimum Gasteiger partial charge on any atom is -0.503 e. The lowest BCUT2D eigenvalue weighted by Crippen LogP contribution is -2.43. The van der Waals surface area contributed by atoms with Crippen LogP contribution < -0.4 is 0 Å². The zero-order chi connectivity index (χ0) is 25.0. The van der Waals surface area contributed by atoms with Crippen LogP contribution >= 0.6 is 0 Å². The average molecular weight is 471 g/mol. The molecule has 2 nitrogen and oxygen atoms in total. The minimum absolute atomic E-state index is 0.144. The summed E-state index contributed by atoms with van der Waals surface area (Å²) in [5.41, 5.74) is 11.3. The van der Waals surface area contributed by atoms with Crippen molar-refractivity contribution in [3.05, 3.63) is 23.3 Å². The second kappa shape index (κ2) is 11.0. The van der Waals surface area contributed by atoms with Gasteiger partial charge in [0, 0.05) is 0 Å². The third-order valence-electron chi connectivity index (χ3n) is 7.71. The summed E-state index contributed by atoms with van der Waals surface area (Å²) in [6, 6.07) is 3.63. The lowest BCUT2D eigenvalue weighted by molar-refractivity contribution is 0.402. The first-order valence-electron chi connectivity index (χ1n) is 12.3. The summed E-state index contributed by atoms with van der Waals surface area (Å²) in [6.07, 6.45) is 0. The van der Waals surface area contributed by atoms with Gasteiger partial charge >= 0.3 is 0 Å². The topological polar surface area (TPSA) is 40.5 Å². The van der Waals surface area contributed by atoms with E-state index >= 15 is 0 Å². The number of phenols is 2. The van der Waals surface area contributed by atoms with Gasteiger partial charge in [0.05, 0.1) is 11.1 Å². The van der Waals surface area contributed by atoms with E-state index in [9.17, 15) is 10.2 Å². The molecule has 0 aliphatic rings. The van der Waals surface area contributed by atoms with E-state index in [4.69, 9.17) is 0 Å². The first-order chi connectivity index (χ1) is 14.7. The number of hydrogen-bond donors (Lipinski definition) is 2. The third-order valence-corrected chi connectivity index (χ3v) is 20.3. The van der Waals surface area contributed by atoms with Crippen LogP contribution in [0, 0.1) is 22.9 Å². The maximum absolute atomic E-state index is 10.8. The SMILES string of the molecule is CC(C)[Si](C#Cc1ccc(C#C[Si](C(C)C)(C(C)C)C(C)C)c(O)c1O)(C(C)C)C(C)C. The zero-order valence-corrected chi connectivity index (χ0v) is 24.5. The summed E-state index contributed by atoms with van der Waals surface area (Å²) < 4.78 is 0. The number of rotatable bonds is 6. The first-order valence-corrected chi connectivity index (χ1v) is 16.7. The molecule has 0 aliphatic carbocycles. The molecule has 0 unspecified atom stereocenters. The van der Waals surface area contributed by atoms with Gasteiger partial charge in [0.2, 0.25) is 0 Å². The summed E-state index contributed by atoms with van der Waals surface area (Å²) in [6.45, 7) is 27.2. The van der Waals surface area contributed by atoms with Crippen molar-refractivity contribution in [3.63, 3.8) is 0 Å². The van der Waals surface area contributed by atoms with E-state index in [1.54, 1.807) is 0 Å². The summed E-state index contributed by atoms with van der Waals surface area (Å²) in [5, 5.41) is 21.5. The van der Waals surface area contributed by atoms with Crippen LogP contribution in [0.15, 0.2) is 12.1 Å². The van der Waals surface area contributed by atoms with Crippen molar-refractivity contribution in [2.75, 3.05) is 0 Å². The lowest BCUT2D eigenvalue weighted by Gasteiger charge is -2.38. The van der Waals surface area contributed by atoms with Crippen molar-refractivity contribution in [2.45, 2.75) is 116 Å². The highest BCUT2D eigenvalue weighted by Crippen LogP contribution is 2.42. The normalized spacial score (nSPS) is 12.6. The van der Waals surface area contributed by atoms with Gasteiger partial charge in [-0.1, -0.05) is 94.9 Å². The lowest BCUT2D eigenvalue weighted by atomic mass is 10.1. The Morgan fingerprint density at radius 1 is 0.500 bits per heavy atom. The van der Waals surface area contributed by atoms with E-state index in [1.807, 2.05) is 12.1 Å². The number of hydrogen-bond acceptors (Lipinski definition) is 2. The van der Waals surface area contributed by atoms with E-state index in [0.717, 1.165) is 0 Å². The van der Waals surface area contributed by atoms with E-state index < -0.39 is 16.1 Å². The Bertz CT molecular complexity index is 785. The summed E-state index contributed by atoms with van der Waals surface area (Å²) >= 11 is 0. The average Bonchev–Trinajstić information content (AvgIpc) is 2.65. The molecule has 0 bridgehead atoms. The summed E-state index contributed by atoms with van der Waals surface area (Å²) in [7, 11) is -3.84. The molecule has 32 heavy (non-hydrogen) atoms. The van der Waals surface area contributed by atoms with Crippen LogP contribution in [0.5, 0.6) is 11.5 Å². The number of benzene rings is 1. The molecule has 0 fully saturated rings. The van der Waals surface area contributed by atoms with Gasteiger partial charge in [-0.15, -0.1) is 11.1 Å². The van der Waals surface area contributed by atoms with Crippen LogP contribution in [0.3, 0.4) is 0 Å². The fourth-order valence-corrected chi connectivity index (χ4v) is 16.4. The van der Waals surface area contributed by atoms with Crippen LogP contribution in [0.1, 0.15) is 94.2 Å². The molecule has 0 saturated carbocycles. The second-order valence-electron chi connectivity index (χ2n) is 11.2. The van der Waals surface area contributed by atoms with Gasteiger partial charge in [-0.3, -0.25) is 0 Å². The Labute approximate surface area is 200 Å². The third kappa shape index (κ3) is 5.29. The standard InChI is InChI=1S/C28H46O2Si2/c1-19(2)31(20(3)4,21(5)6)17-15-25-13-14-26(28(30)27(25)29)16-18-32(22(7)8,23(9)10)24(11)12/h13-14,19-24,29-30H,1-12H3. The second-order valence-corrected chi connectivity index (χ2v) is 22.3. The molecule has 0 aliphatic heterocycles. The fourth-order valence-electron chi connectivity index (χ4n) is 6.00. The van der Waals surface area contributed by atoms with Crippen LogP contribution in [-0.2, 0) is 0 Å². The Morgan fingerprint density at radius 2 is 0.719 bits per heavy atom. The highest BCUT2D eigenvalue weighted by atomic mass is 28.3. The zero-order valence-electron chi connectivity index (χ0n) is 22.5. The van der Waals surface area contributed by atoms with Crippen LogP contribution in [0.4, 0.5) is 0 Å². The predicted molar refractivity (Wildman–Crippen MR) is 146 cm³/mol. The van der Waals surface area contributed by atoms with Crippen LogP contribution in [-0.4, -0.2) is 26.4 Å². The minimum atomic E-state index is -1.92. The highest BCUT2D eigenvalue weighted by molar-refractivity contribution is 6.91. The maximum Gasteiger partial charge on any atom is 0.174 e. The molecular weight excluding hydrogens is 424 g/mol. The summed E-state index contributed by atoms with van der Waals surface area (Å²) in [5.74, 6) is 6.22. The van der Waals surface area contributed by atoms with E-state index in [2.05, 4.69) is 106 Å². The van der Waals surface area contributed by atoms with E-state index in [0.29, 0.717) is 44.4 Å². The first kappa shape index (κ1) is 28.4. The van der Waals surface area contributed by atoms with E-state index in [-0.39, 0.29) is 11.5 Å². The van der Waals surface area contributed by atoms with Gasteiger partial charge in [-0.2, -0.15) is 0 Å². The smallest absolute Gasteiger partial charge is 0.174 e. The number of aromatic hydroxyl groups is 2. The predicted octanol–water partition coefficient (Wildman–Crippen LogP) is 8.24. The van der Waals surface area contributed by atoms with Crippen LogP contribution in [0.2, 0.25) is 33.2 Å². The molecule has 0 heterocycles. The molecule has 2 N–H and O–H groups in total. The molecule has 0 aromatic heterocycles. The van der Waals surface area contributed by atoms with Crippen molar-refractivity contribution < 1.29 is 10.2 Å². The molecule has 0 amide bonds. The molecule has 0 spiro atoms. The van der Waals surface area contributed by atoms with Gasteiger partial charge in [-0.05, 0) is 45.4 Å². The molecule has 178 valence electrons. The Balaban J connectivity index is 3.56. The van der Waals surface area contributed by atoms with E-state index in [1.165, 1.54) is 0 Å². The van der Waals surface area contributed by atoms with Crippen molar-refractivity contribution in [2.24, 2.45) is 0 Å². The van der Waals surface area contributed by atoms with Crippen LogP contribution in [0.25, 0.3) is 0 Å². The molecule has 1 aromatic carbocycles. The largest absolute Gasteiger partial charge is 0.503 e. The highest BCUT2D eigenvalue weighted by Gasteiger charge is 2.42. The monoisotopic (exact) mass is 470 g/mol. The van der Waals surface area contributed by atoms with Gasteiger partial charge in [0.15, 0.2) is 11.5 Å². The maximum atomic E-state index is 10.8. The molecule has 1 aromatic rings. The van der Waals surface area contributed by atoms with Crippen molar-refractivity contribution in [1.29, 1.82) is 0 Å². The number of phenolic OH excluding ortho intramolecular Hbond substituents is 2. The molecular formula is C28H46O2Si2. The quantitative estimate of drug-likeness (QED) is 0.250. The molecule has 0 atom stereocenters. The van der Waals surface area contributed by atoms with Crippen molar-refractivity contribution >= 4 is 16.1 Å². The van der Waals surface area contributed by atoms with Gasteiger partial charge in [0.1, 0.15) is 16.1 Å². The summed E-state index contributed by atoms with van der Waals surface area (Å²) in [4.78, 5) is 0. The molecule has 0 radical (unpaired) electrons. The molecule has 4 heteroatoms. The Morgan fingerprint density at radius 3 is 0.906 bits per heavy atom. The molecule has 1 rings (SSSR count).